The predicted molar refractivity (Wildman–Crippen MR) is 88.7 cm³/mol. The van der Waals surface area contributed by atoms with Crippen LogP contribution in [0.1, 0.15) is 51.7 Å². The lowest BCUT2D eigenvalue weighted by Gasteiger charge is -2.20. The molecule has 5 nitrogen and oxygen atoms in total. The Kier molecular flexibility index (Phi) is 4.18. The quantitative estimate of drug-likeness (QED) is 0.877. The van der Waals surface area contributed by atoms with Crippen LogP contribution in [-0.2, 0) is 9.53 Å². The zero-order chi connectivity index (χ0) is 17.6. The number of benzene rings is 1. The van der Waals surface area contributed by atoms with E-state index in [0.717, 1.165) is 11.1 Å². The van der Waals surface area contributed by atoms with Crippen molar-refractivity contribution in [2.75, 3.05) is 5.32 Å². The molecule has 0 spiro atoms. The van der Waals surface area contributed by atoms with E-state index < -0.39 is 17.7 Å². The molecule has 0 aromatic heterocycles. The fourth-order valence-electron chi connectivity index (χ4n) is 3.15. The lowest BCUT2D eigenvalue weighted by molar-refractivity contribution is -0.139. The molecule has 23 heavy (non-hydrogen) atoms. The molecule has 5 heteroatoms. The van der Waals surface area contributed by atoms with Gasteiger partial charge in [-0.1, -0.05) is 26.0 Å². The van der Waals surface area contributed by atoms with E-state index in [1.165, 1.54) is 0 Å². The van der Waals surface area contributed by atoms with Crippen molar-refractivity contribution in [3.05, 3.63) is 29.3 Å². The summed E-state index contributed by atoms with van der Waals surface area (Å²) in [5.74, 6) is -1.10. The number of nitrogens with one attached hydrogen (secondary N) is 1. The highest BCUT2D eigenvalue weighted by atomic mass is 16.6. The number of aryl methyl sites for hydroxylation is 1. The maximum absolute atomic E-state index is 11.8. The van der Waals surface area contributed by atoms with Crippen molar-refractivity contribution >= 4 is 17.7 Å². The number of hydrogen-bond donors (Lipinski definition) is 2. The monoisotopic (exact) mass is 319 g/mol. The molecule has 1 aliphatic rings. The van der Waals surface area contributed by atoms with Gasteiger partial charge in [0.2, 0.25) is 0 Å². The minimum Gasteiger partial charge on any atom is -0.481 e. The summed E-state index contributed by atoms with van der Waals surface area (Å²) >= 11 is 0. The van der Waals surface area contributed by atoms with E-state index in [9.17, 15) is 14.7 Å². The van der Waals surface area contributed by atoms with Crippen molar-refractivity contribution < 1.29 is 19.4 Å². The molecule has 2 N–H and O–H groups in total. The van der Waals surface area contributed by atoms with Crippen molar-refractivity contribution in [2.45, 2.75) is 53.1 Å². The lowest BCUT2D eigenvalue weighted by Crippen LogP contribution is -2.27. The summed E-state index contributed by atoms with van der Waals surface area (Å²) in [6, 6.07) is 5.64. The second kappa shape index (κ2) is 5.55. The second-order valence-electron chi connectivity index (χ2n) is 7.82. The topological polar surface area (TPSA) is 75.6 Å². The Bertz CT molecular complexity index is 643. The summed E-state index contributed by atoms with van der Waals surface area (Å²) < 4.78 is 5.24. The third-order valence-corrected chi connectivity index (χ3v) is 4.34. The van der Waals surface area contributed by atoms with Gasteiger partial charge < -0.3 is 9.84 Å². The number of ether oxygens (including phenoxy) is 1. The van der Waals surface area contributed by atoms with Gasteiger partial charge in [-0.05, 0) is 50.3 Å². The zero-order valence-electron chi connectivity index (χ0n) is 14.6. The van der Waals surface area contributed by atoms with Crippen molar-refractivity contribution in [1.29, 1.82) is 0 Å². The van der Waals surface area contributed by atoms with Gasteiger partial charge in [-0.3, -0.25) is 10.1 Å². The third kappa shape index (κ3) is 3.66. The number of carbonyl (C=O) groups is 2. The van der Waals surface area contributed by atoms with Gasteiger partial charge in [0.15, 0.2) is 0 Å². The maximum atomic E-state index is 11.8. The molecule has 0 aliphatic heterocycles. The molecule has 0 radical (unpaired) electrons. The van der Waals surface area contributed by atoms with Gasteiger partial charge in [-0.15, -0.1) is 0 Å². The Morgan fingerprint density at radius 3 is 2.30 bits per heavy atom. The van der Waals surface area contributed by atoms with Gasteiger partial charge in [0.25, 0.3) is 0 Å². The van der Waals surface area contributed by atoms with Crippen LogP contribution in [0.25, 0.3) is 0 Å². The number of rotatable bonds is 3. The fourth-order valence-corrected chi connectivity index (χ4v) is 3.15. The van der Waals surface area contributed by atoms with Crippen molar-refractivity contribution in [2.24, 2.45) is 11.3 Å². The van der Waals surface area contributed by atoms with Gasteiger partial charge >= 0.3 is 12.1 Å². The van der Waals surface area contributed by atoms with E-state index in [-0.39, 0.29) is 17.3 Å². The largest absolute Gasteiger partial charge is 0.481 e. The summed E-state index contributed by atoms with van der Waals surface area (Å²) in [6.45, 7) is 11.3. The lowest BCUT2D eigenvalue weighted by atomic mass is 10.0. The van der Waals surface area contributed by atoms with Crippen LogP contribution in [-0.4, -0.2) is 22.8 Å². The smallest absolute Gasteiger partial charge is 0.412 e. The summed E-state index contributed by atoms with van der Waals surface area (Å²) in [6.07, 6.45) is -0.497. The van der Waals surface area contributed by atoms with E-state index in [1.54, 1.807) is 0 Å². The first-order valence-corrected chi connectivity index (χ1v) is 7.77. The molecule has 0 saturated heterocycles. The van der Waals surface area contributed by atoms with E-state index in [2.05, 4.69) is 5.32 Å². The fraction of sp³-hybridized carbons (Fsp3) is 0.556. The first kappa shape index (κ1) is 17.3. The van der Waals surface area contributed by atoms with Crippen molar-refractivity contribution in [1.82, 2.24) is 0 Å². The summed E-state index contributed by atoms with van der Waals surface area (Å²) in [7, 11) is 0. The van der Waals surface area contributed by atoms with Crippen molar-refractivity contribution in [3.63, 3.8) is 0 Å². The summed E-state index contributed by atoms with van der Waals surface area (Å²) in [4.78, 5) is 23.2. The van der Waals surface area contributed by atoms with Gasteiger partial charge in [-0.25, -0.2) is 4.79 Å². The molecule has 0 heterocycles. The summed E-state index contributed by atoms with van der Waals surface area (Å²) in [5.41, 5.74) is 1.77. The van der Waals surface area contributed by atoms with E-state index in [4.69, 9.17) is 4.74 Å². The van der Waals surface area contributed by atoms with E-state index in [1.807, 2.05) is 59.7 Å². The van der Waals surface area contributed by atoms with Crippen LogP contribution in [0.3, 0.4) is 0 Å². The molecule has 1 aromatic rings. The normalized spacial score (nSPS) is 22.3. The average molecular weight is 319 g/mol. The van der Waals surface area contributed by atoms with E-state index in [0.29, 0.717) is 5.69 Å². The number of carbonyl (C=O) groups excluding carboxylic acids is 1. The number of amides is 1. The molecule has 0 unspecified atom stereocenters. The molecule has 2 rings (SSSR count). The number of anilines is 1. The molecule has 1 aromatic carbocycles. The van der Waals surface area contributed by atoms with Crippen LogP contribution in [0.5, 0.6) is 0 Å². The van der Waals surface area contributed by atoms with E-state index >= 15 is 0 Å². The molecule has 1 amide bonds. The molecule has 126 valence electrons. The van der Waals surface area contributed by atoms with Gasteiger partial charge in [0.1, 0.15) is 5.60 Å². The second-order valence-corrected chi connectivity index (χ2v) is 7.82. The van der Waals surface area contributed by atoms with Gasteiger partial charge in [-0.2, -0.15) is 0 Å². The Labute approximate surface area is 137 Å². The highest BCUT2D eigenvalue weighted by Gasteiger charge is 2.62. The van der Waals surface area contributed by atoms with Crippen LogP contribution < -0.4 is 5.32 Å². The van der Waals surface area contributed by atoms with Gasteiger partial charge in [0.05, 0.1) is 5.92 Å². The Morgan fingerprint density at radius 2 is 1.87 bits per heavy atom. The van der Waals surface area contributed by atoms with Crippen LogP contribution in [0.4, 0.5) is 10.5 Å². The van der Waals surface area contributed by atoms with Crippen LogP contribution >= 0.6 is 0 Å². The van der Waals surface area contributed by atoms with Gasteiger partial charge in [0, 0.05) is 11.6 Å². The minimum atomic E-state index is -0.756. The first-order valence-electron chi connectivity index (χ1n) is 7.77. The minimum absolute atomic E-state index is 0.00859. The van der Waals surface area contributed by atoms with Crippen LogP contribution in [0, 0.1) is 18.3 Å². The number of carboxylic acid groups (broad SMARTS) is 1. The molecule has 1 saturated carbocycles. The molecular weight excluding hydrogens is 294 g/mol. The van der Waals surface area contributed by atoms with Crippen molar-refractivity contribution in [3.8, 4) is 0 Å². The Hall–Kier alpha value is -2.04. The molecule has 1 aliphatic carbocycles. The number of hydrogen-bond acceptors (Lipinski definition) is 3. The standard InChI is InChI=1S/C18H25NO4/c1-10-9-11(13-14(15(20)21)18(13,5)6)7-8-12(10)19-16(22)23-17(2,3)4/h7-9,13-14H,1-6H3,(H,19,22)(H,20,21)/t13-,14+/m1/s1. The Morgan fingerprint density at radius 1 is 1.26 bits per heavy atom. The third-order valence-electron chi connectivity index (χ3n) is 4.34. The first-order chi connectivity index (χ1) is 10.4. The maximum Gasteiger partial charge on any atom is 0.412 e. The Balaban J connectivity index is 2.14. The molecule has 0 bridgehead atoms. The summed E-state index contributed by atoms with van der Waals surface area (Å²) in [5, 5.41) is 12.0. The molecular formula is C18H25NO4. The molecule has 1 fully saturated rings. The highest BCUT2D eigenvalue weighted by molar-refractivity contribution is 5.86. The average Bonchev–Trinajstić information content (AvgIpc) is 2.92. The zero-order valence-corrected chi connectivity index (χ0v) is 14.6. The number of aliphatic carboxylic acids is 1. The van der Waals surface area contributed by atoms with Crippen LogP contribution in [0.2, 0.25) is 0 Å². The highest BCUT2D eigenvalue weighted by Crippen LogP contribution is 2.64. The SMILES string of the molecule is Cc1cc([C@@H]2[C@@H](C(=O)O)C2(C)C)ccc1NC(=O)OC(C)(C)C. The van der Waals surface area contributed by atoms with Crippen LogP contribution in [0.15, 0.2) is 18.2 Å². The predicted octanol–water partition coefficient (Wildman–Crippen LogP) is 4.17. The number of carboxylic acids is 1. The molecule has 2 atom stereocenters.